The maximum absolute atomic E-state index is 12.9. The lowest BCUT2D eigenvalue weighted by Crippen LogP contribution is -2.30. The SMILES string of the molecule is CC/C=C\C/C=C\C/C=C\C/C=C\C/C=C\C/C=C\C/C=C\CCCCCC(=O)OCC(COC(=O)CCCCCCC/C=C\CCCCCCCC)OC(=O)CCCCCCCCCCC/C=C\C/C=C\CCCCCCC. The molecule has 1 atom stereocenters. The van der Waals surface area contributed by atoms with Gasteiger partial charge in [-0.3, -0.25) is 14.4 Å². The predicted molar refractivity (Wildman–Crippen MR) is 343 cm³/mol. The summed E-state index contributed by atoms with van der Waals surface area (Å²) in [5.41, 5.74) is 0. The number of carbonyl (C=O) groups is 3. The summed E-state index contributed by atoms with van der Waals surface area (Å²) in [6.07, 6.45) is 92.0. The Morgan fingerprint density at radius 1 is 0.266 bits per heavy atom. The molecule has 0 saturated carbocycles. The molecule has 0 aliphatic heterocycles. The quantitative estimate of drug-likeness (QED) is 0.0261. The van der Waals surface area contributed by atoms with Crippen LogP contribution in [-0.2, 0) is 28.6 Å². The van der Waals surface area contributed by atoms with Crippen molar-refractivity contribution in [1.29, 1.82) is 0 Å². The molecule has 1 unspecified atom stereocenters. The Morgan fingerprint density at radius 3 is 0.797 bits per heavy atom. The minimum absolute atomic E-state index is 0.0965. The van der Waals surface area contributed by atoms with Gasteiger partial charge in [0.1, 0.15) is 13.2 Å². The number of rotatable bonds is 59. The standard InChI is InChI=1S/C73H122O6/c1-4-7-10-13-16-19-22-25-28-30-32-34-35-36-37-39-40-42-45-48-51-54-57-60-63-66-72(75)78-69-70(68-77-71(74)65-62-59-56-53-50-47-44-27-24-21-18-15-12-9-6-3)79-73(76)67-64-61-58-55-52-49-46-43-41-38-33-31-29-26-23-20-17-14-11-8-5-2/h7,10,16,19,23,25-28,31-34,36-37,40,42,44,48,51,70H,4-6,8-9,11-15,17-18,20-22,24,29-30,35,38-39,41,43,45-47,49-50,52-69H2,1-3H3/b10-7-,19-16-,26-23-,28-25-,33-31-,34-32-,37-36-,42-40-,44-27-,51-48-. The van der Waals surface area contributed by atoms with Crippen LogP contribution in [0.25, 0.3) is 0 Å². The highest BCUT2D eigenvalue weighted by Crippen LogP contribution is 2.15. The molecule has 0 radical (unpaired) electrons. The number of allylic oxidation sites excluding steroid dienone is 20. The average Bonchev–Trinajstić information content (AvgIpc) is 3.45. The van der Waals surface area contributed by atoms with Crippen molar-refractivity contribution in [2.75, 3.05) is 13.2 Å². The van der Waals surface area contributed by atoms with Gasteiger partial charge in [-0.15, -0.1) is 0 Å². The normalized spacial score (nSPS) is 12.9. The molecule has 0 bridgehead atoms. The lowest BCUT2D eigenvalue weighted by molar-refractivity contribution is -0.167. The Hall–Kier alpha value is -4.19. The first-order valence-electron chi connectivity index (χ1n) is 33.0. The minimum Gasteiger partial charge on any atom is -0.462 e. The molecular weight excluding hydrogens is 973 g/mol. The summed E-state index contributed by atoms with van der Waals surface area (Å²) < 4.78 is 16.9. The monoisotopic (exact) mass is 1090 g/mol. The third-order valence-electron chi connectivity index (χ3n) is 13.9. The summed E-state index contributed by atoms with van der Waals surface area (Å²) >= 11 is 0. The van der Waals surface area contributed by atoms with Crippen LogP contribution in [-0.4, -0.2) is 37.2 Å². The van der Waals surface area contributed by atoms with Gasteiger partial charge in [0, 0.05) is 19.3 Å². The van der Waals surface area contributed by atoms with Crippen molar-refractivity contribution in [3.05, 3.63) is 122 Å². The molecule has 0 aliphatic rings. The maximum atomic E-state index is 12.9. The van der Waals surface area contributed by atoms with E-state index in [0.717, 1.165) is 122 Å². The van der Waals surface area contributed by atoms with Gasteiger partial charge in [0.05, 0.1) is 0 Å². The second-order valence-corrected chi connectivity index (χ2v) is 21.6. The van der Waals surface area contributed by atoms with Crippen molar-refractivity contribution in [2.24, 2.45) is 0 Å². The summed E-state index contributed by atoms with van der Waals surface area (Å²) in [5.74, 6) is -0.936. The number of esters is 3. The van der Waals surface area contributed by atoms with E-state index < -0.39 is 6.10 Å². The van der Waals surface area contributed by atoms with E-state index in [2.05, 4.69) is 142 Å². The van der Waals surface area contributed by atoms with Crippen molar-refractivity contribution in [3.63, 3.8) is 0 Å². The fraction of sp³-hybridized carbons (Fsp3) is 0.685. The molecule has 0 aliphatic carbocycles. The van der Waals surface area contributed by atoms with E-state index in [0.29, 0.717) is 19.3 Å². The van der Waals surface area contributed by atoms with Crippen LogP contribution < -0.4 is 0 Å². The molecule has 6 nitrogen and oxygen atoms in total. The number of hydrogen-bond donors (Lipinski definition) is 0. The zero-order chi connectivity index (χ0) is 57.1. The van der Waals surface area contributed by atoms with Crippen molar-refractivity contribution in [2.45, 2.75) is 309 Å². The van der Waals surface area contributed by atoms with E-state index in [1.807, 2.05) is 0 Å². The smallest absolute Gasteiger partial charge is 0.306 e. The van der Waals surface area contributed by atoms with Gasteiger partial charge in [-0.25, -0.2) is 0 Å². The van der Waals surface area contributed by atoms with E-state index >= 15 is 0 Å². The molecule has 0 amide bonds. The highest BCUT2D eigenvalue weighted by atomic mass is 16.6. The van der Waals surface area contributed by atoms with Crippen molar-refractivity contribution in [3.8, 4) is 0 Å². The lowest BCUT2D eigenvalue weighted by atomic mass is 10.1. The van der Waals surface area contributed by atoms with Crippen molar-refractivity contribution in [1.82, 2.24) is 0 Å². The summed E-state index contributed by atoms with van der Waals surface area (Å²) in [5, 5.41) is 0. The number of ether oxygens (including phenoxy) is 3. The van der Waals surface area contributed by atoms with Crippen LogP contribution in [0.2, 0.25) is 0 Å². The van der Waals surface area contributed by atoms with E-state index in [1.165, 1.54) is 141 Å². The maximum Gasteiger partial charge on any atom is 0.306 e. The fourth-order valence-corrected chi connectivity index (χ4v) is 8.98. The number of hydrogen-bond acceptors (Lipinski definition) is 6. The molecule has 0 aromatic heterocycles. The van der Waals surface area contributed by atoms with Crippen LogP contribution >= 0.6 is 0 Å². The van der Waals surface area contributed by atoms with E-state index in [-0.39, 0.29) is 31.1 Å². The number of carbonyl (C=O) groups excluding carboxylic acids is 3. The van der Waals surface area contributed by atoms with Crippen LogP contribution in [0.1, 0.15) is 303 Å². The van der Waals surface area contributed by atoms with E-state index in [9.17, 15) is 14.4 Å². The molecule has 0 saturated heterocycles. The highest BCUT2D eigenvalue weighted by molar-refractivity contribution is 5.71. The molecule has 0 spiro atoms. The van der Waals surface area contributed by atoms with Gasteiger partial charge in [0.15, 0.2) is 6.10 Å². The van der Waals surface area contributed by atoms with Crippen LogP contribution in [0, 0.1) is 0 Å². The molecule has 6 heteroatoms. The van der Waals surface area contributed by atoms with Crippen LogP contribution in [0.5, 0.6) is 0 Å². The van der Waals surface area contributed by atoms with Gasteiger partial charge in [-0.2, -0.15) is 0 Å². The third-order valence-corrected chi connectivity index (χ3v) is 13.9. The fourth-order valence-electron chi connectivity index (χ4n) is 8.98. The largest absolute Gasteiger partial charge is 0.462 e. The Balaban J connectivity index is 4.46. The highest BCUT2D eigenvalue weighted by Gasteiger charge is 2.19. The lowest BCUT2D eigenvalue weighted by Gasteiger charge is -2.18. The van der Waals surface area contributed by atoms with E-state index in [4.69, 9.17) is 14.2 Å². The van der Waals surface area contributed by atoms with Gasteiger partial charge < -0.3 is 14.2 Å². The average molecular weight is 1100 g/mol. The first-order valence-corrected chi connectivity index (χ1v) is 33.0. The summed E-state index contributed by atoms with van der Waals surface area (Å²) in [6, 6.07) is 0. The Bertz CT molecular complexity index is 1640. The minimum atomic E-state index is -0.803. The molecule has 0 heterocycles. The molecule has 0 fully saturated rings. The topological polar surface area (TPSA) is 78.9 Å². The molecule has 450 valence electrons. The Kier molecular flexibility index (Phi) is 62.8. The van der Waals surface area contributed by atoms with Crippen LogP contribution in [0.3, 0.4) is 0 Å². The predicted octanol–water partition coefficient (Wildman–Crippen LogP) is 22.8. The second-order valence-electron chi connectivity index (χ2n) is 21.6. The van der Waals surface area contributed by atoms with Gasteiger partial charge in [0.25, 0.3) is 0 Å². The molecular formula is C73H122O6. The summed E-state index contributed by atoms with van der Waals surface area (Å²) in [4.78, 5) is 38.4. The summed E-state index contributed by atoms with van der Waals surface area (Å²) in [7, 11) is 0. The van der Waals surface area contributed by atoms with Crippen molar-refractivity contribution >= 4 is 17.9 Å². The van der Waals surface area contributed by atoms with Gasteiger partial charge in [0.2, 0.25) is 0 Å². The molecule has 0 rings (SSSR count). The van der Waals surface area contributed by atoms with Crippen LogP contribution in [0.4, 0.5) is 0 Å². The van der Waals surface area contributed by atoms with Crippen molar-refractivity contribution < 1.29 is 28.6 Å². The van der Waals surface area contributed by atoms with Gasteiger partial charge >= 0.3 is 17.9 Å². The second kappa shape index (κ2) is 66.3. The molecule has 79 heavy (non-hydrogen) atoms. The Labute approximate surface area is 488 Å². The summed E-state index contributed by atoms with van der Waals surface area (Å²) in [6.45, 7) is 6.49. The van der Waals surface area contributed by atoms with Gasteiger partial charge in [-0.05, 0) is 135 Å². The third kappa shape index (κ3) is 64.5. The first kappa shape index (κ1) is 74.8. The zero-order valence-electron chi connectivity index (χ0n) is 51.6. The molecule has 0 aromatic rings. The molecule has 0 aromatic carbocycles. The first-order chi connectivity index (χ1) is 39.0. The number of unbranched alkanes of at least 4 members (excludes halogenated alkanes) is 28. The Morgan fingerprint density at radius 2 is 0.494 bits per heavy atom. The van der Waals surface area contributed by atoms with E-state index in [1.54, 1.807) is 0 Å². The molecule has 0 N–H and O–H groups in total. The zero-order valence-corrected chi connectivity index (χ0v) is 51.6. The van der Waals surface area contributed by atoms with Gasteiger partial charge in [-0.1, -0.05) is 271 Å². The van der Waals surface area contributed by atoms with Crippen LogP contribution in [0.15, 0.2) is 122 Å².